The van der Waals surface area contributed by atoms with Gasteiger partial charge in [-0.3, -0.25) is 0 Å². The van der Waals surface area contributed by atoms with Crippen LogP contribution in [0.1, 0.15) is 12.5 Å². The molecule has 0 radical (unpaired) electrons. The van der Waals surface area contributed by atoms with Crippen LogP contribution in [0.2, 0.25) is 0 Å². The monoisotopic (exact) mass is 349 g/mol. The topological polar surface area (TPSA) is 50.7 Å². The van der Waals surface area contributed by atoms with Gasteiger partial charge >= 0.3 is 0 Å². The third kappa shape index (κ3) is 2.71. The van der Waals surface area contributed by atoms with Crippen LogP contribution >= 0.6 is 15.9 Å². The Balaban J connectivity index is 1.94. The van der Waals surface area contributed by atoms with E-state index >= 15 is 0 Å². The number of benzene rings is 2. The zero-order valence-corrected chi connectivity index (χ0v) is 13.2. The molecule has 0 aliphatic carbocycles. The Bertz CT molecular complexity index is 662. The molecule has 1 unspecified atom stereocenters. The van der Waals surface area contributed by atoms with Crippen LogP contribution in [0.4, 0.5) is 5.69 Å². The number of hydrogen-bond donors (Lipinski definition) is 2. The molecule has 3 rings (SSSR count). The van der Waals surface area contributed by atoms with Crippen molar-refractivity contribution in [3.8, 4) is 11.5 Å². The Morgan fingerprint density at radius 2 is 1.95 bits per heavy atom. The molecule has 0 fully saturated rings. The maximum absolute atomic E-state index is 9.89. The minimum atomic E-state index is -0.620. The average molecular weight is 350 g/mol. The number of aliphatic hydroxyl groups excluding tert-OH is 1. The molecule has 1 aliphatic rings. The van der Waals surface area contributed by atoms with Gasteiger partial charge in [0.15, 0.2) is 11.5 Å². The second kappa shape index (κ2) is 5.58. The zero-order chi connectivity index (χ0) is 14.9. The second-order valence-corrected chi connectivity index (χ2v) is 6.02. The average Bonchev–Trinajstić information content (AvgIpc) is 2.97. The summed E-state index contributed by atoms with van der Waals surface area (Å²) >= 11 is 3.51. The van der Waals surface area contributed by atoms with E-state index in [1.165, 1.54) is 0 Å². The first-order valence-electron chi connectivity index (χ1n) is 6.66. The van der Waals surface area contributed by atoms with E-state index in [2.05, 4.69) is 21.2 Å². The summed E-state index contributed by atoms with van der Waals surface area (Å²) in [4.78, 5) is 0. The molecule has 1 heterocycles. The van der Waals surface area contributed by atoms with Crippen LogP contribution in [-0.2, 0) is 5.54 Å². The molecule has 0 bridgehead atoms. The van der Waals surface area contributed by atoms with Crippen LogP contribution in [0.25, 0.3) is 0 Å². The van der Waals surface area contributed by atoms with Gasteiger partial charge in [-0.1, -0.05) is 18.2 Å². The number of para-hydroxylation sites is 1. The standard InChI is InChI=1S/C16H16BrNO3/c1-16(9-19,18-13-5-3-2-4-12(13)17)11-6-7-14-15(8-11)21-10-20-14/h2-8,18-19H,9-10H2,1H3. The lowest BCUT2D eigenvalue weighted by molar-refractivity contribution is 0.173. The van der Waals surface area contributed by atoms with Crippen molar-refractivity contribution in [2.45, 2.75) is 12.5 Å². The number of nitrogens with one attached hydrogen (secondary N) is 1. The first-order valence-corrected chi connectivity index (χ1v) is 7.45. The fraction of sp³-hybridized carbons (Fsp3) is 0.250. The Kier molecular flexibility index (Phi) is 3.78. The highest BCUT2D eigenvalue weighted by molar-refractivity contribution is 9.10. The van der Waals surface area contributed by atoms with Gasteiger partial charge in [-0.25, -0.2) is 0 Å². The number of aliphatic hydroxyl groups is 1. The van der Waals surface area contributed by atoms with Gasteiger partial charge in [0.2, 0.25) is 6.79 Å². The van der Waals surface area contributed by atoms with Crippen LogP contribution in [0.5, 0.6) is 11.5 Å². The summed E-state index contributed by atoms with van der Waals surface area (Å²) < 4.78 is 11.7. The molecule has 110 valence electrons. The molecule has 2 N–H and O–H groups in total. The van der Waals surface area contributed by atoms with Crippen molar-refractivity contribution in [2.24, 2.45) is 0 Å². The number of hydrogen-bond acceptors (Lipinski definition) is 4. The summed E-state index contributed by atoms with van der Waals surface area (Å²) in [6.45, 7) is 2.14. The van der Waals surface area contributed by atoms with Crippen LogP contribution in [-0.4, -0.2) is 18.5 Å². The first-order chi connectivity index (χ1) is 10.1. The van der Waals surface area contributed by atoms with E-state index in [9.17, 15) is 5.11 Å². The number of anilines is 1. The highest BCUT2D eigenvalue weighted by atomic mass is 79.9. The van der Waals surface area contributed by atoms with E-state index in [4.69, 9.17) is 9.47 Å². The first kappa shape index (κ1) is 14.2. The lowest BCUT2D eigenvalue weighted by Crippen LogP contribution is -2.36. The minimum Gasteiger partial charge on any atom is -0.454 e. The molecule has 4 nitrogen and oxygen atoms in total. The van der Waals surface area contributed by atoms with Crippen LogP contribution in [0, 0.1) is 0 Å². The van der Waals surface area contributed by atoms with Crippen LogP contribution in [0.3, 0.4) is 0 Å². The maximum atomic E-state index is 9.89. The van der Waals surface area contributed by atoms with Crippen molar-refractivity contribution in [3.63, 3.8) is 0 Å². The summed E-state index contributed by atoms with van der Waals surface area (Å²) in [5.74, 6) is 1.45. The summed E-state index contributed by atoms with van der Waals surface area (Å²) in [7, 11) is 0. The van der Waals surface area contributed by atoms with Crippen molar-refractivity contribution < 1.29 is 14.6 Å². The molecule has 0 aromatic heterocycles. The van der Waals surface area contributed by atoms with Gasteiger partial charge in [0.05, 0.1) is 12.1 Å². The number of ether oxygens (including phenoxy) is 2. The van der Waals surface area contributed by atoms with E-state index < -0.39 is 5.54 Å². The molecule has 21 heavy (non-hydrogen) atoms. The van der Waals surface area contributed by atoms with E-state index in [0.717, 1.165) is 21.5 Å². The molecule has 5 heteroatoms. The third-order valence-electron chi connectivity index (χ3n) is 3.61. The van der Waals surface area contributed by atoms with E-state index in [-0.39, 0.29) is 13.4 Å². The van der Waals surface area contributed by atoms with Crippen molar-refractivity contribution in [2.75, 3.05) is 18.7 Å². The SMILES string of the molecule is CC(CO)(Nc1ccccc1Br)c1ccc2c(c1)OCO2. The van der Waals surface area contributed by atoms with Crippen molar-refractivity contribution in [1.29, 1.82) is 0 Å². The maximum Gasteiger partial charge on any atom is 0.231 e. The third-order valence-corrected chi connectivity index (χ3v) is 4.30. The van der Waals surface area contributed by atoms with Gasteiger partial charge in [0, 0.05) is 10.2 Å². The Labute approximate surface area is 131 Å². The summed E-state index contributed by atoms with van der Waals surface area (Å²) in [6.07, 6.45) is 0. The van der Waals surface area contributed by atoms with Crippen molar-refractivity contribution >= 4 is 21.6 Å². The van der Waals surface area contributed by atoms with Gasteiger partial charge in [-0.2, -0.15) is 0 Å². The minimum absolute atomic E-state index is 0.0476. The summed E-state index contributed by atoms with van der Waals surface area (Å²) in [6, 6.07) is 13.5. The fourth-order valence-corrected chi connectivity index (χ4v) is 2.69. The van der Waals surface area contributed by atoms with Crippen LogP contribution < -0.4 is 14.8 Å². The molecule has 2 aromatic rings. The predicted octanol–water partition coefficient (Wildman–Crippen LogP) is 3.50. The molecule has 0 spiro atoms. The number of fused-ring (bicyclic) bond motifs is 1. The van der Waals surface area contributed by atoms with E-state index in [0.29, 0.717) is 5.75 Å². The summed E-state index contributed by atoms with van der Waals surface area (Å²) in [5.41, 5.74) is 1.24. The smallest absolute Gasteiger partial charge is 0.231 e. The predicted molar refractivity (Wildman–Crippen MR) is 84.8 cm³/mol. The van der Waals surface area contributed by atoms with Gasteiger partial charge < -0.3 is 19.9 Å². The molecule has 2 aromatic carbocycles. The van der Waals surface area contributed by atoms with Gasteiger partial charge in [-0.15, -0.1) is 0 Å². The van der Waals surface area contributed by atoms with E-state index in [1.54, 1.807) is 0 Å². The normalized spacial score (nSPS) is 15.6. The van der Waals surface area contributed by atoms with Crippen molar-refractivity contribution in [1.82, 2.24) is 0 Å². The van der Waals surface area contributed by atoms with Crippen LogP contribution in [0.15, 0.2) is 46.9 Å². The number of rotatable bonds is 4. The quantitative estimate of drug-likeness (QED) is 0.886. The molecule has 0 amide bonds. The highest BCUT2D eigenvalue weighted by Gasteiger charge is 2.28. The van der Waals surface area contributed by atoms with Gasteiger partial charge in [-0.05, 0) is 52.7 Å². The van der Waals surface area contributed by atoms with Crippen molar-refractivity contribution in [3.05, 3.63) is 52.5 Å². The second-order valence-electron chi connectivity index (χ2n) is 5.16. The highest BCUT2D eigenvalue weighted by Crippen LogP contribution is 2.37. The molecule has 1 atom stereocenters. The Morgan fingerprint density at radius 3 is 2.71 bits per heavy atom. The lowest BCUT2D eigenvalue weighted by Gasteiger charge is -2.31. The summed E-state index contributed by atoms with van der Waals surface area (Å²) in [5, 5.41) is 13.3. The molecular weight excluding hydrogens is 334 g/mol. The largest absolute Gasteiger partial charge is 0.454 e. The Hall–Kier alpha value is -1.72. The zero-order valence-electron chi connectivity index (χ0n) is 11.6. The fourth-order valence-electron chi connectivity index (χ4n) is 2.30. The lowest BCUT2D eigenvalue weighted by atomic mass is 9.92. The molecule has 1 aliphatic heterocycles. The molecule has 0 saturated heterocycles. The molecule has 0 saturated carbocycles. The van der Waals surface area contributed by atoms with Gasteiger partial charge in [0.1, 0.15) is 0 Å². The molecular formula is C16H16BrNO3. The van der Waals surface area contributed by atoms with Gasteiger partial charge in [0.25, 0.3) is 0 Å². The number of halogens is 1. The van der Waals surface area contributed by atoms with E-state index in [1.807, 2.05) is 49.4 Å². The Morgan fingerprint density at radius 1 is 1.19 bits per heavy atom.